The number of amides is 1. The summed E-state index contributed by atoms with van der Waals surface area (Å²) in [7, 11) is 1.63. The summed E-state index contributed by atoms with van der Waals surface area (Å²) in [6.45, 7) is 0. The standard InChI is InChI=1S/C17H12Cl2N2O2S2/c1-23-10-3-5-13-14(7-10)25-17(20-13)21-15(22)8-24-16(21)9-2-4-11(18)12(19)6-9/h2-7,16H,8H2,1H3. The Morgan fingerprint density at radius 3 is 2.80 bits per heavy atom. The molecule has 0 aliphatic carbocycles. The Bertz CT molecular complexity index is 976. The van der Waals surface area contributed by atoms with Crippen molar-refractivity contribution in [1.29, 1.82) is 0 Å². The van der Waals surface area contributed by atoms with Crippen LogP contribution in [0.15, 0.2) is 36.4 Å². The molecule has 8 heteroatoms. The summed E-state index contributed by atoms with van der Waals surface area (Å²) in [5.74, 6) is 1.21. The Kier molecular flexibility index (Phi) is 4.54. The van der Waals surface area contributed by atoms with Gasteiger partial charge in [-0.1, -0.05) is 40.6 Å². The maximum Gasteiger partial charge on any atom is 0.240 e. The quantitative estimate of drug-likeness (QED) is 0.580. The number of ether oxygens (including phenoxy) is 1. The van der Waals surface area contributed by atoms with Crippen LogP contribution < -0.4 is 9.64 Å². The number of halogens is 2. The minimum Gasteiger partial charge on any atom is -0.497 e. The van der Waals surface area contributed by atoms with Gasteiger partial charge in [-0.15, -0.1) is 11.8 Å². The second-order valence-electron chi connectivity index (χ2n) is 5.43. The van der Waals surface area contributed by atoms with Crippen LogP contribution in [0.4, 0.5) is 5.13 Å². The van der Waals surface area contributed by atoms with E-state index in [1.165, 1.54) is 11.3 Å². The van der Waals surface area contributed by atoms with E-state index in [-0.39, 0.29) is 11.3 Å². The molecule has 0 radical (unpaired) electrons. The number of anilines is 1. The van der Waals surface area contributed by atoms with E-state index in [9.17, 15) is 4.79 Å². The van der Waals surface area contributed by atoms with Crippen molar-refractivity contribution < 1.29 is 9.53 Å². The van der Waals surface area contributed by atoms with Crippen LogP contribution in [0, 0.1) is 0 Å². The minimum atomic E-state index is -0.162. The second-order valence-corrected chi connectivity index (χ2v) is 8.32. The van der Waals surface area contributed by atoms with Gasteiger partial charge in [-0.05, 0) is 35.9 Å². The summed E-state index contributed by atoms with van der Waals surface area (Å²) >= 11 is 15.2. The number of fused-ring (bicyclic) bond motifs is 1. The largest absolute Gasteiger partial charge is 0.497 e. The zero-order chi connectivity index (χ0) is 17.6. The number of methoxy groups -OCH3 is 1. The molecule has 4 rings (SSSR count). The molecule has 1 amide bonds. The van der Waals surface area contributed by atoms with Crippen LogP contribution >= 0.6 is 46.3 Å². The molecule has 3 aromatic rings. The Morgan fingerprint density at radius 1 is 1.20 bits per heavy atom. The third-order valence-electron chi connectivity index (χ3n) is 3.89. The molecule has 1 unspecified atom stereocenters. The minimum absolute atomic E-state index is 0.0343. The number of thioether (sulfide) groups is 1. The Hall–Kier alpha value is -1.47. The molecule has 1 aliphatic heterocycles. The lowest BCUT2D eigenvalue weighted by molar-refractivity contribution is -0.115. The number of thiazole rings is 1. The van der Waals surface area contributed by atoms with Crippen molar-refractivity contribution in [2.75, 3.05) is 17.8 Å². The van der Waals surface area contributed by atoms with Crippen molar-refractivity contribution in [2.24, 2.45) is 0 Å². The molecule has 2 heterocycles. The average molecular weight is 411 g/mol. The molecule has 128 valence electrons. The van der Waals surface area contributed by atoms with Gasteiger partial charge in [0.25, 0.3) is 0 Å². The van der Waals surface area contributed by atoms with Crippen molar-refractivity contribution >= 4 is 67.6 Å². The highest BCUT2D eigenvalue weighted by atomic mass is 35.5. The molecule has 0 bridgehead atoms. The van der Waals surface area contributed by atoms with Gasteiger partial charge in [0, 0.05) is 0 Å². The van der Waals surface area contributed by atoms with E-state index in [0.717, 1.165) is 21.5 Å². The third kappa shape index (κ3) is 3.08. The van der Waals surface area contributed by atoms with Crippen molar-refractivity contribution in [3.05, 3.63) is 52.0 Å². The van der Waals surface area contributed by atoms with Crippen molar-refractivity contribution in [3.63, 3.8) is 0 Å². The molecular formula is C17H12Cl2N2O2S2. The van der Waals surface area contributed by atoms with Crippen LogP contribution in [-0.2, 0) is 4.79 Å². The van der Waals surface area contributed by atoms with Gasteiger partial charge in [-0.3, -0.25) is 9.69 Å². The van der Waals surface area contributed by atoms with Gasteiger partial charge in [0.15, 0.2) is 5.13 Å². The fourth-order valence-corrected chi connectivity index (χ4v) is 5.22. The highest BCUT2D eigenvalue weighted by molar-refractivity contribution is 8.00. The fraction of sp³-hybridized carbons (Fsp3) is 0.176. The number of hydrogen-bond donors (Lipinski definition) is 0. The Labute approximate surface area is 162 Å². The predicted molar refractivity (Wildman–Crippen MR) is 105 cm³/mol. The molecule has 1 aromatic heterocycles. The Morgan fingerprint density at radius 2 is 2.04 bits per heavy atom. The van der Waals surface area contributed by atoms with E-state index < -0.39 is 0 Å². The zero-order valence-electron chi connectivity index (χ0n) is 13.0. The maximum absolute atomic E-state index is 12.5. The molecule has 4 nitrogen and oxygen atoms in total. The van der Waals surface area contributed by atoms with E-state index in [2.05, 4.69) is 4.98 Å². The van der Waals surface area contributed by atoms with Gasteiger partial charge in [-0.2, -0.15) is 0 Å². The van der Waals surface area contributed by atoms with Crippen LogP contribution in [0.5, 0.6) is 5.75 Å². The fourth-order valence-electron chi connectivity index (χ4n) is 2.67. The molecule has 1 saturated heterocycles. The molecule has 0 N–H and O–H groups in total. The Balaban J connectivity index is 1.75. The molecule has 25 heavy (non-hydrogen) atoms. The van der Waals surface area contributed by atoms with Gasteiger partial charge in [0.2, 0.25) is 5.91 Å². The zero-order valence-corrected chi connectivity index (χ0v) is 16.2. The number of carbonyl (C=O) groups excluding carboxylic acids is 1. The lowest BCUT2D eigenvalue weighted by Crippen LogP contribution is -2.27. The summed E-state index contributed by atoms with van der Waals surface area (Å²) < 4.78 is 6.24. The van der Waals surface area contributed by atoms with Crippen LogP contribution in [-0.4, -0.2) is 23.8 Å². The van der Waals surface area contributed by atoms with E-state index >= 15 is 0 Å². The van der Waals surface area contributed by atoms with E-state index in [4.69, 9.17) is 27.9 Å². The molecule has 0 spiro atoms. The second kappa shape index (κ2) is 6.68. The number of rotatable bonds is 3. The van der Waals surface area contributed by atoms with Gasteiger partial charge in [0.1, 0.15) is 11.1 Å². The molecular weight excluding hydrogens is 399 g/mol. The number of carbonyl (C=O) groups is 1. The summed E-state index contributed by atoms with van der Waals surface area (Å²) in [5, 5.41) is 1.49. The van der Waals surface area contributed by atoms with Crippen LogP contribution in [0.1, 0.15) is 10.9 Å². The molecule has 0 saturated carbocycles. The van der Waals surface area contributed by atoms with Crippen molar-refractivity contribution in [2.45, 2.75) is 5.37 Å². The first-order valence-electron chi connectivity index (χ1n) is 7.40. The molecule has 1 fully saturated rings. The summed E-state index contributed by atoms with van der Waals surface area (Å²) in [6, 6.07) is 11.2. The number of aromatic nitrogens is 1. The van der Waals surface area contributed by atoms with Crippen LogP contribution in [0.25, 0.3) is 10.2 Å². The van der Waals surface area contributed by atoms with Crippen LogP contribution in [0.3, 0.4) is 0 Å². The van der Waals surface area contributed by atoms with Crippen molar-refractivity contribution in [1.82, 2.24) is 4.98 Å². The average Bonchev–Trinajstić information content (AvgIpc) is 3.19. The predicted octanol–water partition coefficient (Wildman–Crippen LogP) is 5.39. The molecule has 2 aromatic carbocycles. The lowest BCUT2D eigenvalue weighted by atomic mass is 10.2. The van der Waals surface area contributed by atoms with Gasteiger partial charge in [0.05, 0.1) is 33.1 Å². The molecule has 1 aliphatic rings. The lowest BCUT2D eigenvalue weighted by Gasteiger charge is -2.21. The maximum atomic E-state index is 12.5. The summed E-state index contributed by atoms with van der Waals surface area (Å²) in [6.07, 6.45) is 0. The topological polar surface area (TPSA) is 42.4 Å². The van der Waals surface area contributed by atoms with Gasteiger partial charge in [-0.25, -0.2) is 4.98 Å². The SMILES string of the molecule is COc1ccc2nc(N3C(=O)CSC3c3ccc(Cl)c(Cl)c3)sc2c1. The summed E-state index contributed by atoms with van der Waals surface area (Å²) in [4.78, 5) is 18.9. The van der Waals surface area contributed by atoms with E-state index in [0.29, 0.717) is 20.9 Å². The normalized spacial score (nSPS) is 17.5. The number of nitrogens with zero attached hydrogens (tertiary/aromatic N) is 2. The highest BCUT2D eigenvalue weighted by Crippen LogP contribution is 2.45. The first-order chi connectivity index (χ1) is 12.1. The highest BCUT2D eigenvalue weighted by Gasteiger charge is 2.36. The number of hydrogen-bond acceptors (Lipinski definition) is 5. The van der Waals surface area contributed by atoms with Gasteiger partial charge >= 0.3 is 0 Å². The first-order valence-corrected chi connectivity index (χ1v) is 10.0. The van der Waals surface area contributed by atoms with Gasteiger partial charge < -0.3 is 4.74 Å². The van der Waals surface area contributed by atoms with Crippen LogP contribution in [0.2, 0.25) is 10.0 Å². The van der Waals surface area contributed by atoms with E-state index in [1.54, 1.807) is 29.8 Å². The smallest absolute Gasteiger partial charge is 0.240 e. The first kappa shape index (κ1) is 17.0. The number of benzene rings is 2. The monoisotopic (exact) mass is 410 g/mol. The molecule has 1 atom stereocenters. The summed E-state index contributed by atoms with van der Waals surface area (Å²) in [5.41, 5.74) is 1.78. The van der Waals surface area contributed by atoms with Crippen molar-refractivity contribution in [3.8, 4) is 5.75 Å². The third-order valence-corrected chi connectivity index (χ3v) is 6.86. The van der Waals surface area contributed by atoms with E-state index in [1.807, 2.05) is 30.3 Å².